The molecule has 0 aliphatic carbocycles. The monoisotopic (exact) mass is 409 g/mol. The number of nitrogens with zero attached hydrogens (tertiary/aromatic N) is 5. The van der Waals surface area contributed by atoms with Crippen molar-refractivity contribution in [3.05, 3.63) is 84.4 Å². The van der Waals surface area contributed by atoms with Crippen molar-refractivity contribution < 1.29 is 13.6 Å². The molecule has 0 unspecified atom stereocenters. The summed E-state index contributed by atoms with van der Waals surface area (Å²) in [7, 11) is 1.57. The summed E-state index contributed by atoms with van der Waals surface area (Å²) in [5, 5.41) is 6.45. The van der Waals surface area contributed by atoms with E-state index in [1.54, 1.807) is 7.05 Å². The molecule has 0 spiro atoms. The molecule has 0 radical (unpaired) electrons. The molecule has 1 aromatic heterocycles. The summed E-state index contributed by atoms with van der Waals surface area (Å²) >= 11 is 0. The normalized spacial score (nSPS) is 16.1. The average Bonchev–Trinajstić information content (AvgIpc) is 3.42. The van der Waals surface area contributed by atoms with E-state index in [1.807, 2.05) is 65.7 Å². The minimum atomic E-state index is -2.70. The predicted octanol–water partition coefficient (Wildman–Crippen LogP) is 4.24. The Hall–Kier alpha value is -3.55. The maximum absolute atomic E-state index is 13.1. The molecular weight excluding hydrogens is 388 g/mol. The lowest BCUT2D eigenvalue weighted by Crippen LogP contribution is -2.33. The van der Waals surface area contributed by atoms with Crippen molar-refractivity contribution in [1.82, 2.24) is 14.5 Å². The van der Waals surface area contributed by atoms with Crippen molar-refractivity contribution >= 4 is 17.3 Å². The minimum absolute atomic E-state index is 0.0312. The number of anilines is 1. The molecule has 0 fully saturated rings. The highest BCUT2D eigenvalue weighted by molar-refractivity contribution is 6.39. The third-order valence-electron chi connectivity index (χ3n) is 5.05. The Kier molecular flexibility index (Phi) is 5.56. The van der Waals surface area contributed by atoms with Gasteiger partial charge in [-0.2, -0.15) is 13.9 Å². The summed E-state index contributed by atoms with van der Waals surface area (Å²) in [4.78, 5) is 18.4. The van der Waals surface area contributed by atoms with Gasteiger partial charge in [0.05, 0.1) is 18.3 Å². The molecule has 1 aliphatic rings. The van der Waals surface area contributed by atoms with Crippen molar-refractivity contribution in [1.29, 1.82) is 0 Å². The molecule has 2 heterocycles. The number of para-hydroxylation sites is 1. The third-order valence-corrected chi connectivity index (χ3v) is 5.05. The van der Waals surface area contributed by atoms with Crippen LogP contribution in [-0.2, 0) is 11.3 Å². The zero-order valence-electron chi connectivity index (χ0n) is 16.4. The second kappa shape index (κ2) is 8.44. The molecule has 3 aromatic rings. The van der Waals surface area contributed by atoms with E-state index in [4.69, 9.17) is 0 Å². The highest BCUT2D eigenvalue weighted by atomic mass is 19.3. The molecule has 0 N–H and O–H groups in total. The molecule has 0 bridgehead atoms. The van der Waals surface area contributed by atoms with E-state index in [1.165, 1.54) is 17.3 Å². The smallest absolute Gasteiger partial charge is 0.319 e. The zero-order valence-corrected chi connectivity index (χ0v) is 16.4. The van der Waals surface area contributed by atoms with E-state index < -0.39 is 6.55 Å². The van der Waals surface area contributed by atoms with Crippen molar-refractivity contribution in [3.8, 4) is 0 Å². The van der Waals surface area contributed by atoms with Crippen LogP contribution in [0.25, 0.3) is 0 Å². The number of rotatable bonds is 6. The van der Waals surface area contributed by atoms with Crippen LogP contribution in [0.1, 0.15) is 30.4 Å². The van der Waals surface area contributed by atoms with Gasteiger partial charge in [0.2, 0.25) is 0 Å². The van der Waals surface area contributed by atoms with Gasteiger partial charge in [0.25, 0.3) is 5.91 Å². The van der Waals surface area contributed by atoms with Gasteiger partial charge >= 0.3 is 6.55 Å². The second-order valence-corrected chi connectivity index (χ2v) is 7.05. The second-order valence-electron chi connectivity index (χ2n) is 7.05. The van der Waals surface area contributed by atoms with Crippen LogP contribution in [0.3, 0.4) is 0 Å². The fourth-order valence-corrected chi connectivity index (χ4v) is 3.54. The highest BCUT2D eigenvalue weighted by Crippen LogP contribution is 2.35. The maximum Gasteiger partial charge on any atom is 0.319 e. The largest absolute Gasteiger partial charge is 0.333 e. The molecular formula is C22H21F2N5O. The number of hydrazone groups is 1. The summed E-state index contributed by atoms with van der Waals surface area (Å²) in [5.74, 6) is -0.183. The zero-order chi connectivity index (χ0) is 21.1. The lowest BCUT2D eigenvalue weighted by Gasteiger charge is -2.23. The van der Waals surface area contributed by atoms with Gasteiger partial charge in [-0.05, 0) is 17.7 Å². The number of imidazole rings is 1. The van der Waals surface area contributed by atoms with E-state index in [0.29, 0.717) is 12.1 Å². The number of alkyl halides is 2. The van der Waals surface area contributed by atoms with Crippen LogP contribution in [0.2, 0.25) is 0 Å². The minimum Gasteiger partial charge on any atom is -0.333 e. The van der Waals surface area contributed by atoms with Crippen LogP contribution in [-0.4, -0.2) is 33.1 Å². The van der Waals surface area contributed by atoms with Crippen molar-refractivity contribution in [2.45, 2.75) is 25.6 Å². The number of aromatic nitrogens is 2. The van der Waals surface area contributed by atoms with E-state index in [9.17, 15) is 13.6 Å². The molecule has 0 saturated heterocycles. The highest BCUT2D eigenvalue weighted by Gasteiger charge is 2.33. The first-order chi connectivity index (χ1) is 14.5. The first kappa shape index (κ1) is 19.8. The molecule has 30 heavy (non-hydrogen) atoms. The van der Waals surface area contributed by atoms with Gasteiger partial charge in [-0.25, -0.2) is 4.98 Å². The van der Waals surface area contributed by atoms with Crippen molar-refractivity contribution in [3.63, 3.8) is 0 Å². The first-order valence-corrected chi connectivity index (χ1v) is 9.56. The summed E-state index contributed by atoms with van der Waals surface area (Å²) in [6.45, 7) is -2.73. The van der Waals surface area contributed by atoms with Gasteiger partial charge in [-0.3, -0.25) is 14.4 Å². The Labute approximate surface area is 173 Å². The predicted molar refractivity (Wildman–Crippen MR) is 110 cm³/mol. The lowest BCUT2D eigenvalue weighted by atomic mass is 10.0. The summed E-state index contributed by atoms with van der Waals surface area (Å²) in [6, 6.07) is 19.4. The Bertz CT molecular complexity index is 1040. The number of hydrogen-bond donors (Lipinski definition) is 0. The summed E-state index contributed by atoms with van der Waals surface area (Å²) in [5.41, 5.74) is 2.30. The molecule has 1 aliphatic heterocycles. The number of carbonyl (C=O) groups is 1. The van der Waals surface area contributed by atoms with Crippen molar-refractivity contribution in [2.24, 2.45) is 5.10 Å². The Morgan fingerprint density at radius 2 is 1.80 bits per heavy atom. The van der Waals surface area contributed by atoms with E-state index >= 15 is 0 Å². The van der Waals surface area contributed by atoms with Crippen LogP contribution in [0, 0.1) is 0 Å². The van der Waals surface area contributed by atoms with Gasteiger partial charge in [0, 0.05) is 25.9 Å². The summed E-state index contributed by atoms with van der Waals surface area (Å²) < 4.78 is 26.9. The Morgan fingerprint density at radius 3 is 2.47 bits per heavy atom. The number of amides is 1. The SMILES string of the molecule is CN(Cc1nccn1C(F)F)C(=O)C1=NN(c2ccccc2)[C@@H](c2ccccc2)C1. The molecule has 2 aromatic carbocycles. The van der Waals surface area contributed by atoms with Crippen LogP contribution in [0.4, 0.5) is 14.5 Å². The standard InChI is InChI=1S/C22H21F2N5O/c1-27(15-20-25-12-13-28(20)22(23)24)21(30)18-14-19(16-8-4-2-5-9-16)29(26-18)17-10-6-3-7-11-17/h2-13,19,22H,14-15H2,1H3/t19-/m1/s1. The van der Waals surface area contributed by atoms with Crippen LogP contribution in [0.5, 0.6) is 0 Å². The number of benzene rings is 2. The molecule has 8 heteroatoms. The Balaban J connectivity index is 1.58. The fraction of sp³-hybridized carbons (Fsp3) is 0.227. The van der Waals surface area contributed by atoms with E-state index in [-0.39, 0.29) is 24.3 Å². The molecule has 154 valence electrons. The van der Waals surface area contributed by atoms with E-state index in [0.717, 1.165) is 15.8 Å². The van der Waals surface area contributed by atoms with Gasteiger partial charge < -0.3 is 4.90 Å². The summed E-state index contributed by atoms with van der Waals surface area (Å²) in [6.07, 6.45) is 2.93. The number of hydrogen-bond acceptors (Lipinski definition) is 4. The van der Waals surface area contributed by atoms with Crippen LogP contribution >= 0.6 is 0 Å². The van der Waals surface area contributed by atoms with Gasteiger partial charge in [0.1, 0.15) is 11.5 Å². The molecule has 1 amide bonds. The van der Waals surface area contributed by atoms with Crippen LogP contribution < -0.4 is 5.01 Å². The number of carbonyl (C=O) groups excluding carboxylic acids is 1. The molecule has 0 saturated carbocycles. The maximum atomic E-state index is 13.1. The fourth-order valence-electron chi connectivity index (χ4n) is 3.54. The van der Waals surface area contributed by atoms with Crippen LogP contribution in [0.15, 0.2) is 78.2 Å². The topological polar surface area (TPSA) is 53.7 Å². The van der Waals surface area contributed by atoms with Crippen molar-refractivity contribution in [2.75, 3.05) is 12.1 Å². The molecule has 4 rings (SSSR count). The van der Waals surface area contributed by atoms with Gasteiger partial charge in [0.15, 0.2) is 0 Å². The lowest BCUT2D eigenvalue weighted by molar-refractivity contribution is -0.123. The molecule has 1 atom stereocenters. The number of halogens is 2. The van der Waals surface area contributed by atoms with E-state index in [2.05, 4.69) is 10.1 Å². The Morgan fingerprint density at radius 1 is 1.13 bits per heavy atom. The van der Waals surface area contributed by atoms with Gasteiger partial charge in [-0.1, -0.05) is 48.5 Å². The molecule has 6 nitrogen and oxygen atoms in total. The quantitative estimate of drug-likeness (QED) is 0.612. The first-order valence-electron chi connectivity index (χ1n) is 9.56. The third kappa shape index (κ3) is 3.94. The average molecular weight is 409 g/mol. The van der Waals surface area contributed by atoms with Gasteiger partial charge in [-0.15, -0.1) is 0 Å².